The van der Waals surface area contributed by atoms with Crippen LogP contribution in [0.1, 0.15) is 52.8 Å². The summed E-state index contributed by atoms with van der Waals surface area (Å²) in [6.45, 7) is 3.96. The van der Waals surface area contributed by atoms with Crippen molar-refractivity contribution in [1.82, 2.24) is 10.2 Å². The van der Waals surface area contributed by atoms with Crippen LogP contribution in [-0.2, 0) is 4.74 Å². The van der Waals surface area contributed by atoms with Crippen molar-refractivity contribution in [3.63, 3.8) is 0 Å². The molecule has 0 unspecified atom stereocenters. The average molecular weight is 422 g/mol. The Hall–Kier alpha value is -2.70. The number of rotatable bonds is 6. The number of anilines is 1. The van der Waals surface area contributed by atoms with Crippen molar-refractivity contribution >= 4 is 17.5 Å². The number of hydrogen-bond donors (Lipinski definition) is 2. The molecule has 4 rings (SSSR count). The molecule has 1 saturated carbocycles. The first-order valence-electron chi connectivity index (χ1n) is 11.2. The molecule has 0 bridgehead atoms. The summed E-state index contributed by atoms with van der Waals surface area (Å²) in [5.41, 5.74) is 1.57. The molecule has 1 aliphatic heterocycles. The number of carbonyl (C=O) groups excluding carboxylic acids is 2. The lowest BCUT2D eigenvalue weighted by molar-refractivity contribution is -0.0361. The third-order valence-electron chi connectivity index (χ3n) is 6.50. The fourth-order valence-electron chi connectivity index (χ4n) is 4.77. The molecule has 6 heteroatoms. The van der Waals surface area contributed by atoms with Crippen molar-refractivity contribution in [3.8, 4) is 0 Å². The molecule has 1 saturated heterocycles. The number of morpholine rings is 1. The Balaban J connectivity index is 1.46. The third kappa shape index (κ3) is 5.14. The van der Waals surface area contributed by atoms with Crippen LogP contribution in [0.3, 0.4) is 0 Å². The minimum Gasteiger partial charge on any atom is -0.379 e. The molecule has 6 nitrogen and oxygen atoms in total. The second-order valence-electron chi connectivity index (χ2n) is 8.43. The van der Waals surface area contributed by atoms with E-state index in [2.05, 4.69) is 15.5 Å². The van der Waals surface area contributed by atoms with E-state index in [4.69, 9.17) is 4.74 Å². The van der Waals surface area contributed by atoms with Gasteiger partial charge in [-0.25, -0.2) is 0 Å². The zero-order chi connectivity index (χ0) is 21.5. The summed E-state index contributed by atoms with van der Waals surface area (Å²) in [5.74, 6) is -0.375. The van der Waals surface area contributed by atoms with Crippen molar-refractivity contribution in [2.24, 2.45) is 0 Å². The summed E-state index contributed by atoms with van der Waals surface area (Å²) in [6.07, 6.45) is 5.83. The third-order valence-corrected chi connectivity index (χ3v) is 6.50. The van der Waals surface area contributed by atoms with E-state index in [1.54, 1.807) is 24.3 Å². The molecule has 2 aromatic rings. The summed E-state index contributed by atoms with van der Waals surface area (Å²) >= 11 is 0. The first-order valence-corrected chi connectivity index (χ1v) is 11.2. The topological polar surface area (TPSA) is 70.7 Å². The maximum absolute atomic E-state index is 13.1. The summed E-state index contributed by atoms with van der Waals surface area (Å²) in [5, 5.41) is 6.08. The fourth-order valence-corrected chi connectivity index (χ4v) is 4.77. The standard InChI is InChI=1S/C25H31N3O3/c29-23(20-9-3-1-4-10-20)27-22-12-6-5-11-21(22)24(30)26-19-25(13-7-2-8-14-25)28-15-17-31-18-16-28/h1,3-6,9-12H,2,7-8,13-19H2,(H,26,30)(H,27,29). The van der Waals surface area contributed by atoms with Gasteiger partial charge in [0, 0.05) is 30.7 Å². The number of ether oxygens (including phenoxy) is 1. The normalized spacial score (nSPS) is 18.8. The first-order chi connectivity index (χ1) is 15.2. The van der Waals surface area contributed by atoms with Gasteiger partial charge in [0.15, 0.2) is 0 Å². The van der Waals surface area contributed by atoms with Gasteiger partial charge in [0.05, 0.1) is 24.5 Å². The number of amides is 2. The van der Waals surface area contributed by atoms with Crippen LogP contribution in [0.2, 0.25) is 0 Å². The Morgan fingerprint density at radius 2 is 1.55 bits per heavy atom. The van der Waals surface area contributed by atoms with Gasteiger partial charge in [0.2, 0.25) is 0 Å². The molecule has 2 fully saturated rings. The zero-order valence-corrected chi connectivity index (χ0v) is 17.9. The largest absolute Gasteiger partial charge is 0.379 e. The van der Waals surface area contributed by atoms with Crippen molar-refractivity contribution in [3.05, 3.63) is 65.7 Å². The van der Waals surface area contributed by atoms with Gasteiger partial charge in [0.25, 0.3) is 11.8 Å². The van der Waals surface area contributed by atoms with E-state index in [-0.39, 0.29) is 17.4 Å². The minimum atomic E-state index is -0.224. The lowest BCUT2D eigenvalue weighted by atomic mass is 9.79. The molecule has 0 aromatic heterocycles. The highest BCUT2D eigenvalue weighted by molar-refractivity contribution is 6.09. The van der Waals surface area contributed by atoms with Gasteiger partial charge >= 0.3 is 0 Å². The van der Waals surface area contributed by atoms with Crippen LogP contribution in [0.15, 0.2) is 54.6 Å². The lowest BCUT2D eigenvalue weighted by Gasteiger charge is -2.48. The predicted molar refractivity (Wildman–Crippen MR) is 121 cm³/mol. The van der Waals surface area contributed by atoms with Gasteiger partial charge < -0.3 is 15.4 Å². The molecular weight excluding hydrogens is 390 g/mol. The molecule has 0 atom stereocenters. The van der Waals surface area contributed by atoms with E-state index in [9.17, 15) is 9.59 Å². The molecule has 0 spiro atoms. The van der Waals surface area contributed by atoms with E-state index in [1.807, 2.05) is 30.3 Å². The summed E-state index contributed by atoms with van der Waals surface area (Å²) in [4.78, 5) is 28.2. The molecule has 0 radical (unpaired) electrons. The summed E-state index contributed by atoms with van der Waals surface area (Å²) in [7, 11) is 0. The molecule has 2 amide bonds. The number of nitrogens with one attached hydrogen (secondary N) is 2. The molecular formula is C25H31N3O3. The molecule has 1 heterocycles. The van der Waals surface area contributed by atoms with Crippen LogP contribution >= 0.6 is 0 Å². The van der Waals surface area contributed by atoms with Gasteiger partial charge in [-0.1, -0.05) is 49.6 Å². The highest BCUT2D eigenvalue weighted by atomic mass is 16.5. The molecule has 2 aromatic carbocycles. The highest BCUT2D eigenvalue weighted by Gasteiger charge is 2.39. The average Bonchev–Trinajstić information content (AvgIpc) is 2.84. The first kappa shape index (κ1) is 21.5. The van der Waals surface area contributed by atoms with E-state index < -0.39 is 0 Å². The van der Waals surface area contributed by atoms with Crippen molar-refractivity contribution in [1.29, 1.82) is 0 Å². The highest BCUT2D eigenvalue weighted by Crippen LogP contribution is 2.34. The maximum atomic E-state index is 13.1. The predicted octanol–water partition coefficient (Wildman–Crippen LogP) is 3.70. The second-order valence-corrected chi connectivity index (χ2v) is 8.43. The molecule has 164 valence electrons. The van der Waals surface area contributed by atoms with E-state index in [0.29, 0.717) is 23.4 Å². The molecule has 2 N–H and O–H groups in total. The number of hydrogen-bond acceptors (Lipinski definition) is 4. The number of carbonyl (C=O) groups is 2. The Morgan fingerprint density at radius 1 is 0.871 bits per heavy atom. The monoisotopic (exact) mass is 421 g/mol. The van der Waals surface area contributed by atoms with Gasteiger partial charge in [0.1, 0.15) is 0 Å². The molecule has 1 aliphatic carbocycles. The number of nitrogens with zero attached hydrogens (tertiary/aromatic N) is 1. The van der Waals surface area contributed by atoms with Gasteiger partial charge in [-0.15, -0.1) is 0 Å². The van der Waals surface area contributed by atoms with Crippen LogP contribution in [0, 0.1) is 0 Å². The smallest absolute Gasteiger partial charge is 0.255 e. The van der Waals surface area contributed by atoms with Crippen molar-refractivity contribution in [2.45, 2.75) is 37.6 Å². The summed E-state index contributed by atoms with van der Waals surface area (Å²) < 4.78 is 5.55. The zero-order valence-electron chi connectivity index (χ0n) is 17.9. The Kier molecular flexibility index (Phi) is 6.99. The minimum absolute atomic E-state index is 0.0000791. The van der Waals surface area contributed by atoms with Gasteiger partial charge in [-0.05, 0) is 37.1 Å². The SMILES string of the molecule is O=C(Nc1ccccc1C(=O)NCC1(N2CCOCC2)CCCCC1)c1ccccc1. The lowest BCUT2D eigenvalue weighted by Crippen LogP contribution is -2.59. The Bertz CT molecular complexity index is 888. The van der Waals surface area contributed by atoms with Gasteiger partial charge in [-0.2, -0.15) is 0 Å². The quantitative estimate of drug-likeness (QED) is 0.746. The van der Waals surface area contributed by atoms with Crippen molar-refractivity contribution in [2.75, 3.05) is 38.2 Å². The van der Waals surface area contributed by atoms with E-state index >= 15 is 0 Å². The maximum Gasteiger partial charge on any atom is 0.255 e. The number of para-hydroxylation sites is 1. The van der Waals surface area contributed by atoms with E-state index in [0.717, 1.165) is 39.1 Å². The van der Waals surface area contributed by atoms with Gasteiger partial charge in [-0.3, -0.25) is 14.5 Å². The van der Waals surface area contributed by atoms with Crippen LogP contribution in [0.25, 0.3) is 0 Å². The number of benzene rings is 2. The Morgan fingerprint density at radius 3 is 2.29 bits per heavy atom. The summed E-state index contributed by atoms with van der Waals surface area (Å²) in [6, 6.07) is 16.2. The molecule has 31 heavy (non-hydrogen) atoms. The molecule has 2 aliphatic rings. The van der Waals surface area contributed by atoms with E-state index in [1.165, 1.54) is 19.3 Å². The Labute approximate surface area is 184 Å². The fraction of sp³-hybridized carbons (Fsp3) is 0.440. The second kappa shape index (κ2) is 10.1. The van der Waals surface area contributed by atoms with Crippen molar-refractivity contribution < 1.29 is 14.3 Å². The van der Waals surface area contributed by atoms with Crippen LogP contribution in [0.5, 0.6) is 0 Å². The van der Waals surface area contributed by atoms with Crippen LogP contribution < -0.4 is 10.6 Å². The van der Waals surface area contributed by atoms with Crippen LogP contribution in [0.4, 0.5) is 5.69 Å². The van der Waals surface area contributed by atoms with Crippen LogP contribution in [-0.4, -0.2) is 55.1 Å².